The minimum Gasteiger partial charge on any atom is -0.497 e. The van der Waals surface area contributed by atoms with Crippen molar-refractivity contribution >= 4 is 11.9 Å². The summed E-state index contributed by atoms with van der Waals surface area (Å²) in [6.07, 6.45) is 4.18. The van der Waals surface area contributed by atoms with Gasteiger partial charge in [-0.2, -0.15) is 0 Å². The monoisotopic (exact) mass is 319 g/mol. The first kappa shape index (κ1) is 17.3. The molecule has 0 bridgehead atoms. The number of carbonyl (C=O) groups is 2. The van der Waals surface area contributed by atoms with Crippen molar-refractivity contribution < 1.29 is 19.4 Å². The molecule has 5 nitrogen and oxygen atoms in total. The number of carbonyl (C=O) groups excluding carboxylic acids is 1. The van der Waals surface area contributed by atoms with E-state index in [4.69, 9.17) is 9.84 Å². The highest BCUT2D eigenvalue weighted by Crippen LogP contribution is 2.42. The number of aliphatic carboxylic acids is 1. The summed E-state index contributed by atoms with van der Waals surface area (Å²) in [6, 6.07) is 7.55. The SMILES string of the molecule is COc1cccc(C2(C(=O)NC(C)CCC(=O)O)CCCC2)c1. The molecule has 23 heavy (non-hydrogen) atoms. The van der Waals surface area contributed by atoms with Crippen molar-refractivity contribution in [3.05, 3.63) is 29.8 Å². The second kappa shape index (κ2) is 7.49. The van der Waals surface area contributed by atoms with E-state index in [1.54, 1.807) is 7.11 Å². The zero-order chi connectivity index (χ0) is 16.9. The van der Waals surface area contributed by atoms with Crippen LogP contribution < -0.4 is 10.1 Å². The van der Waals surface area contributed by atoms with E-state index in [0.29, 0.717) is 6.42 Å². The van der Waals surface area contributed by atoms with Crippen molar-refractivity contribution in [3.8, 4) is 5.75 Å². The highest BCUT2D eigenvalue weighted by atomic mass is 16.5. The van der Waals surface area contributed by atoms with Gasteiger partial charge in [0.15, 0.2) is 0 Å². The van der Waals surface area contributed by atoms with Gasteiger partial charge in [0.25, 0.3) is 0 Å². The zero-order valence-corrected chi connectivity index (χ0v) is 13.8. The minimum absolute atomic E-state index is 0.00106. The molecule has 1 amide bonds. The van der Waals surface area contributed by atoms with Gasteiger partial charge in [-0.15, -0.1) is 0 Å². The summed E-state index contributed by atoms with van der Waals surface area (Å²) in [4.78, 5) is 23.6. The van der Waals surface area contributed by atoms with Gasteiger partial charge in [0.1, 0.15) is 5.75 Å². The summed E-state index contributed by atoms with van der Waals surface area (Å²) >= 11 is 0. The Morgan fingerprint density at radius 1 is 1.35 bits per heavy atom. The Labute approximate surface area is 137 Å². The number of carboxylic acids is 1. The zero-order valence-electron chi connectivity index (χ0n) is 13.8. The lowest BCUT2D eigenvalue weighted by Gasteiger charge is -2.30. The van der Waals surface area contributed by atoms with E-state index >= 15 is 0 Å². The third-order valence-electron chi connectivity index (χ3n) is 4.68. The molecule has 1 aromatic rings. The standard InChI is InChI=1S/C18H25NO4/c1-13(8-9-16(20)21)19-17(22)18(10-3-4-11-18)14-6-5-7-15(12-14)23-2/h5-7,12-13H,3-4,8-11H2,1-2H3,(H,19,22)(H,20,21). The van der Waals surface area contributed by atoms with Gasteiger partial charge in [0.2, 0.25) is 5.91 Å². The Morgan fingerprint density at radius 3 is 2.65 bits per heavy atom. The molecule has 0 aromatic heterocycles. The molecule has 1 aliphatic carbocycles. The molecule has 2 N–H and O–H groups in total. The average molecular weight is 319 g/mol. The maximum Gasteiger partial charge on any atom is 0.303 e. The Kier molecular flexibility index (Phi) is 5.64. The van der Waals surface area contributed by atoms with Crippen molar-refractivity contribution in [2.24, 2.45) is 0 Å². The highest BCUT2D eigenvalue weighted by Gasteiger charge is 2.43. The van der Waals surface area contributed by atoms with E-state index in [9.17, 15) is 9.59 Å². The first-order valence-electron chi connectivity index (χ1n) is 8.15. The fraction of sp³-hybridized carbons (Fsp3) is 0.556. The molecule has 1 atom stereocenters. The molecule has 0 aliphatic heterocycles. The van der Waals surface area contributed by atoms with Crippen molar-refractivity contribution in [3.63, 3.8) is 0 Å². The number of rotatable bonds is 7. The van der Waals surface area contributed by atoms with E-state index in [1.807, 2.05) is 31.2 Å². The van der Waals surface area contributed by atoms with Crippen molar-refractivity contribution in [1.29, 1.82) is 0 Å². The Morgan fingerprint density at radius 2 is 2.04 bits per heavy atom. The molecule has 0 saturated heterocycles. The molecule has 1 aliphatic rings. The summed E-state index contributed by atoms with van der Waals surface area (Å²) in [6.45, 7) is 1.86. The van der Waals surface area contributed by atoms with Crippen LogP contribution in [0, 0.1) is 0 Å². The predicted octanol–water partition coefficient (Wildman–Crippen LogP) is 2.88. The van der Waals surface area contributed by atoms with Crippen LogP contribution >= 0.6 is 0 Å². The summed E-state index contributed by atoms with van der Waals surface area (Å²) in [5.74, 6) is -0.0869. The topological polar surface area (TPSA) is 75.6 Å². The predicted molar refractivity (Wildman–Crippen MR) is 87.6 cm³/mol. The van der Waals surface area contributed by atoms with Crippen LogP contribution in [0.15, 0.2) is 24.3 Å². The molecule has 1 unspecified atom stereocenters. The van der Waals surface area contributed by atoms with Crippen LogP contribution in [0.1, 0.15) is 51.0 Å². The van der Waals surface area contributed by atoms with Gasteiger partial charge < -0.3 is 15.2 Å². The van der Waals surface area contributed by atoms with Crippen molar-refractivity contribution in [1.82, 2.24) is 5.32 Å². The molecule has 1 aromatic carbocycles. The van der Waals surface area contributed by atoms with Gasteiger partial charge in [-0.05, 0) is 43.9 Å². The fourth-order valence-electron chi connectivity index (χ4n) is 3.32. The van der Waals surface area contributed by atoms with Crippen LogP contribution in [0.5, 0.6) is 5.75 Å². The fourth-order valence-corrected chi connectivity index (χ4v) is 3.32. The van der Waals surface area contributed by atoms with Gasteiger partial charge in [-0.25, -0.2) is 0 Å². The van der Waals surface area contributed by atoms with Gasteiger partial charge in [-0.1, -0.05) is 25.0 Å². The van der Waals surface area contributed by atoms with Crippen LogP contribution in [-0.4, -0.2) is 30.1 Å². The number of carboxylic acid groups (broad SMARTS) is 1. The minimum atomic E-state index is -0.838. The first-order valence-corrected chi connectivity index (χ1v) is 8.15. The molecule has 2 rings (SSSR count). The van der Waals surface area contributed by atoms with Crippen molar-refractivity contribution in [2.75, 3.05) is 7.11 Å². The summed E-state index contributed by atoms with van der Waals surface area (Å²) in [5, 5.41) is 11.8. The molecule has 0 radical (unpaired) electrons. The largest absolute Gasteiger partial charge is 0.497 e. The quantitative estimate of drug-likeness (QED) is 0.810. The second-order valence-electron chi connectivity index (χ2n) is 6.33. The maximum absolute atomic E-state index is 12.9. The van der Waals surface area contributed by atoms with Crippen LogP contribution in [0.25, 0.3) is 0 Å². The lowest BCUT2D eigenvalue weighted by atomic mass is 9.77. The van der Waals surface area contributed by atoms with Crippen LogP contribution in [0.2, 0.25) is 0 Å². The van der Waals surface area contributed by atoms with Crippen LogP contribution in [-0.2, 0) is 15.0 Å². The molecule has 1 saturated carbocycles. The molecule has 0 spiro atoms. The maximum atomic E-state index is 12.9. The number of nitrogens with one attached hydrogen (secondary N) is 1. The third-order valence-corrected chi connectivity index (χ3v) is 4.68. The Balaban J connectivity index is 2.16. The van der Waals surface area contributed by atoms with Gasteiger partial charge in [0.05, 0.1) is 12.5 Å². The molecular weight excluding hydrogens is 294 g/mol. The van der Waals surface area contributed by atoms with Crippen molar-refractivity contribution in [2.45, 2.75) is 56.9 Å². The highest BCUT2D eigenvalue weighted by molar-refractivity contribution is 5.89. The van der Waals surface area contributed by atoms with Gasteiger partial charge in [-0.3, -0.25) is 9.59 Å². The van der Waals surface area contributed by atoms with E-state index in [1.165, 1.54) is 0 Å². The molecular formula is C18H25NO4. The molecule has 126 valence electrons. The Bertz CT molecular complexity index is 564. The summed E-state index contributed by atoms with van der Waals surface area (Å²) in [7, 11) is 1.62. The van der Waals surface area contributed by atoms with Gasteiger partial charge in [0, 0.05) is 12.5 Å². The lowest BCUT2D eigenvalue weighted by molar-refractivity contribution is -0.137. The van der Waals surface area contributed by atoms with E-state index in [-0.39, 0.29) is 18.4 Å². The molecule has 1 fully saturated rings. The summed E-state index contributed by atoms with van der Waals surface area (Å²) < 4.78 is 5.29. The number of benzene rings is 1. The summed E-state index contributed by atoms with van der Waals surface area (Å²) in [5.41, 5.74) is 0.462. The van der Waals surface area contributed by atoms with E-state index in [0.717, 1.165) is 37.0 Å². The van der Waals surface area contributed by atoms with E-state index in [2.05, 4.69) is 5.32 Å². The lowest BCUT2D eigenvalue weighted by Crippen LogP contribution is -2.46. The third kappa shape index (κ3) is 4.03. The first-order chi connectivity index (χ1) is 11.0. The Hall–Kier alpha value is -2.04. The number of amides is 1. The number of hydrogen-bond donors (Lipinski definition) is 2. The van der Waals surface area contributed by atoms with Crippen LogP contribution in [0.3, 0.4) is 0 Å². The molecule has 0 heterocycles. The number of ether oxygens (including phenoxy) is 1. The average Bonchev–Trinajstić information content (AvgIpc) is 3.04. The van der Waals surface area contributed by atoms with Crippen LogP contribution in [0.4, 0.5) is 0 Å². The number of hydrogen-bond acceptors (Lipinski definition) is 3. The smallest absolute Gasteiger partial charge is 0.303 e. The molecule has 5 heteroatoms. The normalized spacial score (nSPS) is 17.5. The van der Waals surface area contributed by atoms with E-state index < -0.39 is 11.4 Å². The second-order valence-corrected chi connectivity index (χ2v) is 6.33. The number of methoxy groups -OCH3 is 1. The van der Waals surface area contributed by atoms with Gasteiger partial charge >= 0.3 is 5.97 Å².